The second kappa shape index (κ2) is 2.88. The van der Waals surface area contributed by atoms with Crippen LogP contribution >= 0.6 is 0 Å². The number of carbonyl (C=O) groups excluding carboxylic acids is 1. The summed E-state index contributed by atoms with van der Waals surface area (Å²) in [4.78, 5) is 11.7. The molecule has 2 aliphatic carbocycles. The highest BCUT2D eigenvalue weighted by molar-refractivity contribution is 5.95. The Labute approximate surface area is 95.7 Å². The first-order chi connectivity index (χ1) is 7.54. The van der Waals surface area contributed by atoms with Gasteiger partial charge in [-0.15, -0.1) is 0 Å². The molecule has 16 heavy (non-hydrogen) atoms. The number of allylic oxidation sites excluding steroid dienone is 5. The fraction of sp³-hybridized carbons (Fsp3) is 0.500. The molecule has 0 radical (unpaired) electrons. The maximum atomic E-state index is 11.7. The zero-order valence-electron chi connectivity index (χ0n) is 10.0. The molecule has 2 nitrogen and oxygen atoms in total. The lowest BCUT2D eigenvalue weighted by molar-refractivity contribution is -0.116. The van der Waals surface area contributed by atoms with Crippen molar-refractivity contribution < 1.29 is 9.53 Å². The molecule has 0 aromatic carbocycles. The standard InChI is InChI=1S/C14H16O2/c1-8-6-10(15)7-14(3)9(2)11-4-5-16-13(11)12(8)14/h6H,4-5,7H2,1-3H3. The first-order valence-corrected chi connectivity index (χ1v) is 5.83. The van der Waals surface area contributed by atoms with Crippen LogP contribution in [-0.4, -0.2) is 12.4 Å². The second-order valence-corrected chi connectivity index (χ2v) is 5.21. The van der Waals surface area contributed by atoms with Crippen molar-refractivity contribution in [3.63, 3.8) is 0 Å². The minimum atomic E-state index is -0.0962. The van der Waals surface area contributed by atoms with Crippen LogP contribution in [0.15, 0.2) is 34.1 Å². The van der Waals surface area contributed by atoms with E-state index >= 15 is 0 Å². The van der Waals surface area contributed by atoms with E-state index in [9.17, 15) is 4.79 Å². The van der Waals surface area contributed by atoms with Crippen LogP contribution in [0, 0.1) is 5.41 Å². The quantitative estimate of drug-likeness (QED) is 0.622. The fourth-order valence-electron chi connectivity index (χ4n) is 3.36. The van der Waals surface area contributed by atoms with Crippen molar-refractivity contribution in [1.82, 2.24) is 0 Å². The van der Waals surface area contributed by atoms with Gasteiger partial charge in [0.25, 0.3) is 0 Å². The molecule has 1 fully saturated rings. The maximum Gasteiger partial charge on any atom is 0.157 e. The Morgan fingerprint density at radius 3 is 2.88 bits per heavy atom. The van der Waals surface area contributed by atoms with Gasteiger partial charge >= 0.3 is 0 Å². The van der Waals surface area contributed by atoms with E-state index in [1.165, 1.54) is 16.7 Å². The first kappa shape index (κ1) is 9.88. The van der Waals surface area contributed by atoms with Crippen LogP contribution in [0.2, 0.25) is 0 Å². The fourth-order valence-corrected chi connectivity index (χ4v) is 3.36. The molecule has 1 heterocycles. The van der Waals surface area contributed by atoms with Crippen LogP contribution in [0.25, 0.3) is 0 Å². The van der Waals surface area contributed by atoms with E-state index in [2.05, 4.69) is 13.8 Å². The molecular weight excluding hydrogens is 200 g/mol. The van der Waals surface area contributed by atoms with Gasteiger partial charge in [0.15, 0.2) is 5.78 Å². The molecule has 0 saturated carbocycles. The van der Waals surface area contributed by atoms with Gasteiger partial charge < -0.3 is 4.74 Å². The summed E-state index contributed by atoms with van der Waals surface area (Å²) in [5.41, 5.74) is 4.94. The topological polar surface area (TPSA) is 26.3 Å². The van der Waals surface area contributed by atoms with Gasteiger partial charge in [-0.25, -0.2) is 0 Å². The molecule has 2 heteroatoms. The van der Waals surface area contributed by atoms with Gasteiger partial charge in [-0.05, 0) is 31.1 Å². The first-order valence-electron chi connectivity index (χ1n) is 5.83. The Kier molecular flexibility index (Phi) is 1.78. The van der Waals surface area contributed by atoms with Crippen LogP contribution in [0.4, 0.5) is 0 Å². The molecule has 0 spiro atoms. The number of ether oxygens (including phenoxy) is 1. The van der Waals surface area contributed by atoms with E-state index in [0.29, 0.717) is 6.42 Å². The van der Waals surface area contributed by atoms with E-state index in [1.807, 2.05) is 6.92 Å². The van der Waals surface area contributed by atoms with Gasteiger partial charge in [0.1, 0.15) is 5.76 Å². The lowest BCUT2D eigenvalue weighted by Crippen LogP contribution is -2.27. The van der Waals surface area contributed by atoms with E-state index in [1.54, 1.807) is 6.08 Å². The smallest absolute Gasteiger partial charge is 0.157 e. The molecule has 1 unspecified atom stereocenters. The largest absolute Gasteiger partial charge is 0.493 e. The number of ketones is 1. The van der Waals surface area contributed by atoms with Crippen molar-refractivity contribution in [2.45, 2.75) is 33.6 Å². The average Bonchev–Trinajstić information content (AvgIpc) is 2.69. The molecule has 1 aliphatic heterocycles. The zero-order valence-corrected chi connectivity index (χ0v) is 10.0. The summed E-state index contributed by atoms with van der Waals surface area (Å²) in [5.74, 6) is 1.31. The molecule has 1 saturated heterocycles. The molecule has 1 atom stereocenters. The van der Waals surface area contributed by atoms with Crippen LogP contribution in [0.1, 0.15) is 33.6 Å². The van der Waals surface area contributed by atoms with Gasteiger partial charge in [0.05, 0.1) is 6.61 Å². The Hall–Kier alpha value is -1.31. The number of fused-ring (bicyclic) bond motifs is 2. The summed E-state index contributed by atoms with van der Waals surface area (Å²) in [6, 6.07) is 0. The monoisotopic (exact) mass is 216 g/mol. The SMILES string of the molecule is CC1=CC(=O)CC2(C)C(C)=C3CCOC3=C12. The van der Waals surface area contributed by atoms with Gasteiger partial charge in [-0.3, -0.25) is 4.79 Å². The average molecular weight is 216 g/mol. The zero-order chi connectivity index (χ0) is 11.5. The van der Waals surface area contributed by atoms with Crippen LogP contribution in [0.5, 0.6) is 0 Å². The third-order valence-electron chi connectivity index (χ3n) is 4.23. The van der Waals surface area contributed by atoms with Crippen molar-refractivity contribution >= 4 is 5.78 Å². The van der Waals surface area contributed by atoms with Gasteiger partial charge in [-0.1, -0.05) is 12.5 Å². The Morgan fingerprint density at radius 1 is 1.38 bits per heavy atom. The number of hydrogen-bond acceptors (Lipinski definition) is 2. The molecule has 0 aromatic heterocycles. The summed E-state index contributed by atoms with van der Waals surface area (Å²) in [5, 5.41) is 0. The van der Waals surface area contributed by atoms with Gasteiger partial charge in [0, 0.05) is 23.8 Å². The molecule has 0 bridgehead atoms. The molecule has 84 valence electrons. The van der Waals surface area contributed by atoms with Crippen molar-refractivity contribution in [3.05, 3.63) is 34.1 Å². The van der Waals surface area contributed by atoms with Crippen molar-refractivity contribution in [2.24, 2.45) is 5.41 Å². The molecule has 0 amide bonds. The van der Waals surface area contributed by atoms with Gasteiger partial charge in [0.2, 0.25) is 0 Å². The lowest BCUT2D eigenvalue weighted by Gasteiger charge is -2.33. The number of rotatable bonds is 0. The van der Waals surface area contributed by atoms with E-state index in [-0.39, 0.29) is 11.2 Å². The predicted octanol–water partition coefficient (Wildman–Crippen LogP) is 2.92. The van der Waals surface area contributed by atoms with Crippen molar-refractivity contribution in [1.29, 1.82) is 0 Å². The van der Waals surface area contributed by atoms with Gasteiger partial charge in [-0.2, -0.15) is 0 Å². The number of hydrogen-bond donors (Lipinski definition) is 0. The highest BCUT2D eigenvalue weighted by Crippen LogP contribution is 2.56. The van der Waals surface area contributed by atoms with E-state index < -0.39 is 0 Å². The summed E-state index contributed by atoms with van der Waals surface area (Å²) in [7, 11) is 0. The molecule has 3 rings (SSSR count). The minimum Gasteiger partial charge on any atom is -0.493 e. The Morgan fingerprint density at radius 2 is 2.12 bits per heavy atom. The number of carbonyl (C=O) groups is 1. The molecule has 0 aromatic rings. The molecule has 3 aliphatic rings. The normalized spacial score (nSPS) is 32.7. The summed E-state index contributed by atoms with van der Waals surface area (Å²) in [6.07, 6.45) is 3.37. The highest BCUT2D eigenvalue weighted by atomic mass is 16.5. The molecule has 0 N–H and O–H groups in total. The predicted molar refractivity (Wildman–Crippen MR) is 61.8 cm³/mol. The van der Waals surface area contributed by atoms with E-state index in [0.717, 1.165) is 24.4 Å². The third-order valence-corrected chi connectivity index (χ3v) is 4.23. The summed E-state index contributed by atoms with van der Waals surface area (Å²) < 4.78 is 5.76. The maximum absolute atomic E-state index is 11.7. The molecular formula is C14H16O2. The second-order valence-electron chi connectivity index (χ2n) is 5.21. The van der Waals surface area contributed by atoms with Crippen LogP contribution in [0.3, 0.4) is 0 Å². The van der Waals surface area contributed by atoms with Crippen LogP contribution < -0.4 is 0 Å². The Bertz CT molecular complexity index is 491. The Balaban J connectivity index is 2.27. The third kappa shape index (κ3) is 0.998. The van der Waals surface area contributed by atoms with Crippen molar-refractivity contribution in [3.8, 4) is 0 Å². The summed E-state index contributed by atoms with van der Waals surface area (Å²) in [6.45, 7) is 7.15. The van der Waals surface area contributed by atoms with Crippen molar-refractivity contribution in [2.75, 3.05) is 6.61 Å². The van der Waals surface area contributed by atoms with Crippen LogP contribution in [-0.2, 0) is 9.53 Å². The lowest BCUT2D eigenvalue weighted by atomic mass is 9.69. The summed E-state index contributed by atoms with van der Waals surface area (Å²) >= 11 is 0. The minimum absolute atomic E-state index is 0.0962. The highest BCUT2D eigenvalue weighted by Gasteiger charge is 2.47. The van der Waals surface area contributed by atoms with E-state index in [4.69, 9.17) is 4.74 Å².